The SMILES string of the molecule is O=C1SC(=Cc2ccc3c(cnn3Cc3ccc(C(F)(F)F)cc3C(F)(F)F)c2)C(=O)N1[C@H]1CNCC[C@H]1F. The van der Waals surface area contributed by atoms with Gasteiger partial charge >= 0.3 is 12.4 Å². The molecule has 2 saturated heterocycles. The van der Waals surface area contributed by atoms with Gasteiger partial charge in [-0.3, -0.25) is 19.2 Å². The van der Waals surface area contributed by atoms with Gasteiger partial charge in [0.15, 0.2) is 0 Å². The fraction of sp³-hybridized carbons (Fsp3) is 0.320. The third kappa shape index (κ3) is 5.39. The summed E-state index contributed by atoms with van der Waals surface area (Å²) in [5.41, 5.74) is -2.29. The van der Waals surface area contributed by atoms with Crippen LogP contribution in [0.3, 0.4) is 0 Å². The van der Waals surface area contributed by atoms with Crippen LogP contribution in [0, 0.1) is 0 Å². The molecule has 39 heavy (non-hydrogen) atoms. The van der Waals surface area contributed by atoms with E-state index < -0.39 is 53.4 Å². The van der Waals surface area contributed by atoms with Gasteiger partial charge in [0.05, 0.1) is 40.3 Å². The predicted molar refractivity (Wildman–Crippen MR) is 129 cm³/mol. The van der Waals surface area contributed by atoms with E-state index in [4.69, 9.17) is 0 Å². The van der Waals surface area contributed by atoms with Crippen molar-refractivity contribution in [3.05, 3.63) is 69.8 Å². The maximum atomic E-state index is 14.4. The first-order valence-corrected chi connectivity index (χ1v) is 12.5. The molecule has 3 aromatic rings. The molecule has 14 heteroatoms. The Morgan fingerprint density at radius 3 is 2.51 bits per heavy atom. The number of thioether (sulfide) groups is 1. The number of rotatable bonds is 4. The van der Waals surface area contributed by atoms with Crippen LogP contribution < -0.4 is 5.32 Å². The molecule has 5 rings (SSSR count). The lowest BCUT2D eigenvalue weighted by Gasteiger charge is -2.32. The second-order valence-corrected chi connectivity index (χ2v) is 10.1. The Morgan fingerprint density at radius 1 is 1.05 bits per heavy atom. The van der Waals surface area contributed by atoms with Gasteiger partial charge in [-0.15, -0.1) is 0 Å². The molecular weight excluding hydrogens is 553 g/mol. The number of piperidine rings is 1. The van der Waals surface area contributed by atoms with E-state index >= 15 is 0 Å². The zero-order valence-electron chi connectivity index (χ0n) is 19.8. The first kappa shape index (κ1) is 27.2. The average Bonchev–Trinajstić information content (AvgIpc) is 3.37. The first-order chi connectivity index (χ1) is 18.3. The second kappa shape index (κ2) is 9.97. The van der Waals surface area contributed by atoms with Crippen LogP contribution in [0.4, 0.5) is 35.5 Å². The smallest absolute Gasteiger partial charge is 0.314 e. The number of carbonyl (C=O) groups is 2. The summed E-state index contributed by atoms with van der Waals surface area (Å²) in [7, 11) is 0. The minimum Gasteiger partial charge on any atom is -0.314 e. The predicted octanol–water partition coefficient (Wildman–Crippen LogP) is 5.86. The van der Waals surface area contributed by atoms with E-state index in [-0.39, 0.29) is 29.5 Å². The van der Waals surface area contributed by atoms with Crippen LogP contribution in [0.5, 0.6) is 0 Å². The van der Waals surface area contributed by atoms with E-state index in [1.165, 1.54) is 17.0 Å². The van der Waals surface area contributed by atoms with Gasteiger partial charge in [-0.05, 0) is 66.2 Å². The topological polar surface area (TPSA) is 67.2 Å². The van der Waals surface area contributed by atoms with E-state index in [9.17, 15) is 40.3 Å². The van der Waals surface area contributed by atoms with Crippen LogP contribution in [-0.2, 0) is 23.7 Å². The van der Waals surface area contributed by atoms with Crippen molar-refractivity contribution >= 4 is 39.9 Å². The van der Waals surface area contributed by atoms with Crippen molar-refractivity contribution in [3.8, 4) is 0 Å². The molecule has 0 unspecified atom stereocenters. The van der Waals surface area contributed by atoms with Gasteiger partial charge in [0.2, 0.25) is 0 Å². The van der Waals surface area contributed by atoms with Crippen LogP contribution in [0.2, 0.25) is 0 Å². The largest absolute Gasteiger partial charge is 0.416 e. The molecule has 0 aliphatic carbocycles. The number of fused-ring (bicyclic) bond motifs is 1. The summed E-state index contributed by atoms with van der Waals surface area (Å²) in [5.74, 6) is -0.612. The number of imide groups is 1. The zero-order chi connectivity index (χ0) is 28.1. The number of aromatic nitrogens is 2. The van der Waals surface area contributed by atoms with Crippen molar-refractivity contribution in [1.82, 2.24) is 20.0 Å². The highest BCUT2D eigenvalue weighted by Crippen LogP contribution is 2.38. The van der Waals surface area contributed by atoms with Gasteiger partial charge in [-0.25, -0.2) is 4.39 Å². The zero-order valence-corrected chi connectivity index (χ0v) is 20.6. The third-order valence-corrected chi connectivity index (χ3v) is 7.43. The summed E-state index contributed by atoms with van der Waals surface area (Å²) in [4.78, 5) is 26.4. The second-order valence-electron chi connectivity index (χ2n) is 9.12. The quantitative estimate of drug-likeness (QED) is 0.314. The van der Waals surface area contributed by atoms with Crippen molar-refractivity contribution in [2.24, 2.45) is 0 Å². The molecule has 3 heterocycles. The highest BCUT2D eigenvalue weighted by molar-refractivity contribution is 8.18. The van der Waals surface area contributed by atoms with Crippen LogP contribution in [0.1, 0.15) is 28.7 Å². The molecular formula is C25H19F7N4O2S. The molecule has 206 valence electrons. The highest BCUT2D eigenvalue weighted by Gasteiger charge is 2.44. The minimum absolute atomic E-state index is 0.0840. The number of amides is 2. The number of halogens is 7. The molecule has 2 aliphatic rings. The lowest BCUT2D eigenvalue weighted by atomic mass is 10.0. The Labute approximate surface area is 220 Å². The van der Waals surface area contributed by atoms with Crippen LogP contribution in [0.25, 0.3) is 17.0 Å². The number of benzene rings is 2. The van der Waals surface area contributed by atoms with E-state index in [1.807, 2.05) is 0 Å². The van der Waals surface area contributed by atoms with Crippen LogP contribution in [-0.4, -0.2) is 51.1 Å². The highest BCUT2D eigenvalue weighted by atomic mass is 32.2. The van der Waals surface area contributed by atoms with Crippen molar-refractivity contribution in [1.29, 1.82) is 0 Å². The molecule has 0 saturated carbocycles. The van der Waals surface area contributed by atoms with E-state index in [0.717, 1.165) is 11.0 Å². The summed E-state index contributed by atoms with van der Waals surface area (Å²) in [5, 5.41) is 6.98. The lowest BCUT2D eigenvalue weighted by Crippen LogP contribution is -2.53. The Hall–Kier alpha value is -3.39. The number of hydrogen-bond donors (Lipinski definition) is 1. The summed E-state index contributed by atoms with van der Waals surface area (Å²) in [6.07, 6.45) is -8.25. The van der Waals surface area contributed by atoms with Crippen LogP contribution in [0.15, 0.2) is 47.5 Å². The summed E-state index contributed by atoms with van der Waals surface area (Å²) >= 11 is 0.688. The normalized spacial score (nSPS) is 21.9. The fourth-order valence-electron chi connectivity index (χ4n) is 4.62. The van der Waals surface area contributed by atoms with E-state index in [1.54, 1.807) is 18.2 Å². The van der Waals surface area contributed by atoms with Crippen molar-refractivity contribution in [2.75, 3.05) is 13.1 Å². The molecule has 2 aromatic carbocycles. The Morgan fingerprint density at radius 2 is 1.82 bits per heavy atom. The third-order valence-electron chi connectivity index (χ3n) is 6.55. The number of alkyl halides is 7. The molecule has 6 nitrogen and oxygen atoms in total. The van der Waals surface area contributed by atoms with Crippen molar-refractivity contribution in [2.45, 2.75) is 37.5 Å². The van der Waals surface area contributed by atoms with E-state index in [0.29, 0.717) is 40.8 Å². The van der Waals surface area contributed by atoms with Gasteiger partial charge in [-0.1, -0.05) is 12.1 Å². The van der Waals surface area contributed by atoms with Gasteiger partial charge in [-0.2, -0.15) is 31.4 Å². The van der Waals surface area contributed by atoms with Crippen molar-refractivity contribution in [3.63, 3.8) is 0 Å². The molecule has 0 radical (unpaired) electrons. The maximum absolute atomic E-state index is 14.4. The van der Waals surface area contributed by atoms with Gasteiger partial charge in [0.1, 0.15) is 6.17 Å². The van der Waals surface area contributed by atoms with E-state index in [2.05, 4.69) is 10.4 Å². The summed E-state index contributed by atoms with van der Waals surface area (Å²) in [6, 6.07) is 5.27. The molecule has 0 bridgehead atoms. The number of nitrogens with one attached hydrogen (secondary N) is 1. The van der Waals surface area contributed by atoms with Gasteiger partial charge in [0.25, 0.3) is 11.1 Å². The fourth-order valence-corrected chi connectivity index (χ4v) is 5.50. The minimum atomic E-state index is -5.01. The summed E-state index contributed by atoms with van der Waals surface area (Å²) < 4.78 is 95.2. The molecule has 2 atom stereocenters. The standard InChI is InChI=1S/C25H19F7N4O2S/c26-18-5-6-33-11-20(18)36-22(37)21(39-23(36)38)8-13-1-4-19-15(7-13)10-34-35(19)12-14-2-3-16(24(27,28)29)9-17(14)25(30,31)32/h1-4,7-10,18,20,33H,5-6,11-12H2/t18-,20+/m1/s1. The Balaban J connectivity index is 1.40. The number of nitrogens with zero attached hydrogens (tertiary/aromatic N) is 3. The number of hydrogen-bond acceptors (Lipinski definition) is 5. The van der Waals surface area contributed by atoms with Gasteiger partial charge < -0.3 is 5.32 Å². The average molecular weight is 573 g/mol. The molecule has 1 aromatic heterocycles. The maximum Gasteiger partial charge on any atom is 0.416 e. The molecule has 2 fully saturated rings. The Kier molecular flexibility index (Phi) is 6.95. The molecule has 1 N–H and O–H groups in total. The lowest BCUT2D eigenvalue weighted by molar-refractivity contribution is -0.143. The first-order valence-electron chi connectivity index (χ1n) is 11.7. The van der Waals surface area contributed by atoms with Crippen molar-refractivity contribution < 1.29 is 40.3 Å². The molecule has 0 spiro atoms. The number of carbonyl (C=O) groups excluding carboxylic acids is 2. The van der Waals surface area contributed by atoms with Gasteiger partial charge in [0, 0.05) is 11.9 Å². The Bertz CT molecular complexity index is 1480. The van der Waals surface area contributed by atoms with Crippen LogP contribution >= 0.6 is 11.8 Å². The summed E-state index contributed by atoms with van der Waals surface area (Å²) in [6.45, 7) is 0.176. The molecule has 2 amide bonds. The monoisotopic (exact) mass is 572 g/mol. The molecule has 2 aliphatic heterocycles.